The number of aryl methyl sites for hydroxylation is 1. The van der Waals surface area contributed by atoms with Gasteiger partial charge in [0.1, 0.15) is 12.7 Å². The predicted molar refractivity (Wildman–Crippen MR) is 102 cm³/mol. The van der Waals surface area contributed by atoms with E-state index in [1.807, 2.05) is 36.9 Å². The number of nitriles is 1. The lowest BCUT2D eigenvalue weighted by molar-refractivity contribution is 0.271. The van der Waals surface area contributed by atoms with Gasteiger partial charge < -0.3 is 19.5 Å². The maximum Gasteiger partial charge on any atom is 0.229 e. The zero-order chi connectivity index (χ0) is 19.0. The first-order valence-corrected chi connectivity index (χ1v) is 8.60. The Labute approximate surface area is 157 Å². The van der Waals surface area contributed by atoms with E-state index in [4.69, 9.17) is 4.74 Å². The topological polar surface area (TPSA) is 91.9 Å². The summed E-state index contributed by atoms with van der Waals surface area (Å²) in [4.78, 5) is 15.2. The molecule has 3 heterocycles. The number of ether oxygens (including phenoxy) is 1. The number of nitrogens with one attached hydrogen (secondary N) is 1. The zero-order valence-electron chi connectivity index (χ0n) is 15.3. The van der Waals surface area contributed by atoms with Crippen molar-refractivity contribution < 1.29 is 4.74 Å². The molecule has 1 aromatic carbocycles. The minimum atomic E-state index is 0.239. The van der Waals surface area contributed by atoms with Crippen molar-refractivity contribution >= 4 is 17.5 Å². The monoisotopic (exact) mass is 361 g/mol. The molecule has 2 aromatic heterocycles. The molecule has 1 unspecified atom stereocenters. The van der Waals surface area contributed by atoms with E-state index in [-0.39, 0.29) is 6.04 Å². The van der Waals surface area contributed by atoms with Crippen LogP contribution in [0.1, 0.15) is 18.2 Å². The number of nitrogens with zero attached hydrogens (tertiary/aromatic N) is 6. The summed E-state index contributed by atoms with van der Waals surface area (Å²) in [5, 5.41) is 12.7. The fourth-order valence-electron chi connectivity index (χ4n) is 2.92. The van der Waals surface area contributed by atoms with Gasteiger partial charge in [0.25, 0.3) is 0 Å². The average Bonchev–Trinajstić information content (AvgIpc) is 3.11. The second-order valence-corrected chi connectivity index (χ2v) is 6.54. The average molecular weight is 361 g/mol. The van der Waals surface area contributed by atoms with E-state index >= 15 is 0 Å². The van der Waals surface area contributed by atoms with Crippen LogP contribution in [-0.2, 0) is 0 Å². The standard InChI is InChI=1S/C19H19N7O/c1-12-9-26(11-22-12)16-5-4-15(6-14(16)7-20)23-19-21-8-17-18(24-19)25(3)13(2)10-27-17/h4-6,8-9,11,13H,10H2,1-3H3,(H,21,23,24). The molecule has 0 saturated heterocycles. The molecule has 27 heavy (non-hydrogen) atoms. The molecular weight excluding hydrogens is 342 g/mol. The lowest BCUT2D eigenvalue weighted by atomic mass is 10.1. The number of benzene rings is 1. The normalized spacial score (nSPS) is 15.6. The van der Waals surface area contributed by atoms with Crippen molar-refractivity contribution in [1.82, 2.24) is 19.5 Å². The number of hydrogen-bond acceptors (Lipinski definition) is 7. The van der Waals surface area contributed by atoms with E-state index in [0.29, 0.717) is 23.9 Å². The van der Waals surface area contributed by atoms with Gasteiger partial charge in [-0.1, -0.05) is 0 Å². The highest BCUT2D eigenvalue weighted by atomic mass is 16.5. The summed E-state index contributed by atoms with van der Waals surface area (Å²) < 4.78 is 7.50. The maximum absolute atomic E-state index is 9.53. The zero-order valence-corrected chi connectivity index (χ0v) is 15.3. The number of hydrogen-bond donors (Lipinski definition) is 1. The van der Waals surface area contributed by atoms with Crippen LogP contribution in [-0.4, -0.2) is 39.2 Å². The van der Waals surface area contributed by atoms with Gasteiger partial charge in [0.05, 0.1) is 35.5 Å². The molecule has 0 aliphatic carbocycles. The van der Waals surface area contributed by atoms with Crippen molar-refractivity contribution in [2.45, 2.75) is 19.9 Å². The Morgan fingerprint density at radius 1 is 1.33 bits per heavy atom. The minimum absolute atomic E-state index is 0.239. The van der Waals surface area contributed by atoms with Gasteiger partial charge in [0.15, 0.2) is 11.6 Å². The summed E-state index contributed by atoms with van der Waals surface area (Å²) in [7, 11) is 1.98. The van der Waals surface area contributed by atoms with Gasteiger partial charge in [0.2, 0.25) is 5.95 Å². The molecule has 0 saturated carbocycles. The molecule has 0 amide bonds. The molecule has 3 aromatic rings. The van der Waals surface area contributed by atoms with Crippen molar-refractivity contribution in [2.75, 3.05) is 23.9 Å². The summed E-state index contributed by atoms with van der Waals surface area (Å²) in [6.07, 6.45) is 5.25. The lowest BCUT2D eigenvalue weighted by Gasteiger charge is -2.32. The Morgan fingerprint density at radius 2 is 2.19 bits per heavy atom. The SMILES string of the molecule is Cc1cn(-c2ccc(Nc3ncc4c(n3)N(C)C(C)CO4)cc2C#N)cn1. The van der Waals surface area contributed by atoms with Crippen LogP contribution in [0.2, 0.25) is 0 Å². The molecule has 1 atom stereocenters. The molecule has 1 N–H and O–H groups in total. The summed E-state index contributed by atoms with van der Waals surface area (Å²) in [5.41, 5.74) is 2.94. The van der Waals surface area contributed by atoms with Crippen molar-refractivity contribution in [1.29, 1.82) is 5.26 Å². The summed E-state index contributed by atoms with van der Waals surface area (Å²) in [5.74, 6) is 1.87. The van der Waals surface area contributed by atoms with Crippen LogP contribution in [0.5, 0.6) is 5.75 Å². The van der Waals surface area contributed by atoms with Gasteiger partial charge in [-0.25, -0.2) is 9.97 Å². The van der Waals surface area contributed by atoms with Crippen LogP contribution in [0.3, 0.4) is 0 Å². The van der Waals surface area contributed by atoms with Gasteiger partial charge in [-0.2, -0.15) is 10.2 Å². The maximum atomic E-state index is 9.53. The van der Waals surface area contributed by atoms with Crippen LogP contribution in [0, 0.1) is 18.3 Å². The molecular formula is C19H19N7O. The van der Waals surface area contributed by atoms with Crippen molar-refractivity contribution in [2.24, 2.45) is 0 Å². The minimum Gasteiger partial charge on any atom is -0.486 e. The molecule has 0 bridgehead atoms. The first kappa shape index (κ1) is 16.8. The molecule has 1 aliphatic heterocycles. The fraction of sp³-hybridized carbons (Fsp3) is 0.263. The van der Waals surface area contributed by atoms with E-state index in [0.717, 1.165) is 22.9 Å². The van der Waals surface area contributed by atoms with Gasteiger partial charge in [-0.3, -0.25) is 0 Å². The van der Waals surface area contributed by atoms with Crippen LogP contribution in [0.15, 0.2) is 36.9 Å². The number of aromatic nitrogens is 4. The first-order valence-electron chi connectivity index (χ1n) is 8.60. The van der Waals surface area contributed by atoms with Crippen LogP contribution < -0.4 is 15.0 Å². The van der Waals surface area contributed by atoms with E-state index in [2.05, 4.69) is 38.2 Å². The molecule has 0 fully saturated rings. The highest BCUT2D eigenvalue weighted by Gasteiger charge is 2.23. The summed E-state index contributed by atoms with van der Waals surface area (Å²) >= 11 is 0. The molecule has 0 spiro atoms. The molecule has 1 aliphatic rings. The Balaban J connectivity index is 1.63. The van der Waals surface area contributed by atoms with E-state index in [9.17, 15) is 5.26 Å². The van der Waals surface area contributed by atoms with Crippen LogP contribution in [0.4, 0.5) is 17.5 Å². The van der Waals surface area contributed by atoms with Gasteiger partial charge in [0, 0.05) is 18.9 Å². The Morgan fingerprint density at radius 3 is 2.93 bits per heavy atom. The van der Waals surface area contributed by atoms with Crippen molar-refractivity contribution in [3.63, 3.8) is 0 Å². The first-order chi connectivity index (χ1) is 13.0. The third kappa shape index (κ3) is 3.15. The van der Waals surface area contributed by atoms with Crippen LogP contribution >= 0.6 is 0 Å². The number of fused-ring (bicyclic) bond motifs is 1. The summed E-state index contributed by atoms with van der Waals surface area (Å²) in [6.45, 7) is 4.60. The fourth-order valence-corrected chi connectivity index (χ4v) is 2.92. The van der Waals surface area contributed by atoms with E-state index in [1.165, 1.54) is 0 Å². The lowest BCUT2D eigenvalue weighted by Crippen LogP contribution is -2.38. The van der Waals surface area contributed by atoms with Crippen molar-refractivity contribution in [3.05, 3.63) is 48.2 Å². The van der Waals surface area contributed by atoms with E-state index < -0.39 is 0 Å². The van der Waals surface area contributed by atoms with E-state index in [1.54, 1.807) is 18.6 Å². The Kier molecular flexibility index (Phi) is 4.12. The second kappa shape index (κ2) is 6.61. The molecule has 8 nitrogen and oxygen atoms in total. The molecule has 8 heteroatoms. The Hall–Kier alpha value is -3.60. The number of rotatable bonds is 3. The third-order valence-electron chi connectivity index (χ3n) is 4.57. The highest BCUT2D eigenvalue weighted by molar-refractivity contribution is 5.64. The van der Waals surface area contributed by atoms with Gasteiger partial charge >= 0.3 is 0 Å². The smallest absolute Gasteiger partial charge is 0.229 e. The number of likely N-dealkylation sites (N-methyl/N-ethyl adjacent to an activating group) is 1. The Bertz CT molecular complexity index is 1040. The van der Waals surface area contributed by atoms with Gasteiger partial charge in [-0.05, 0) is 32.0 Å². The number of imidazole rings is 1. The van der Waals surface area contributed by atoms with Crippen molar-refractivity contribution in [3.8, 4) is 17.5 Å². The molecule has 136 valence electrons. The molecule has 0 radical (unpaired) electrons. The highest BCUT2D eigenvalue weighted by Crippen LogP contribution is 2.31. The van der Waals surface area contributed by atoms with Gasteiger partial charge in [-0.15, -0.1) is 0 Å². The predicted octanol–water partition coefficient (Wildman–Crippen LogP) is 2.80. The largest absolute Gasteiger partial charge is 0.486 e. The number of anilines is 3. The van der Waals surface area contributed by atoms with Crippen LogP contribution in [0.25, 0.3) is 5.69 Å². The third-order valence-corrected chi connectivity index (χ3v) is 4.57. The quantitative estimate of drug-likeness (QED) is 0.767. The summed E-state index contributed by atoms with van der Waals surface area (Å²) in [6, 6.07) is 8.01. The second-order valence-electron chi connectivity index (χ2n) is 6.54. The molecule has 4 rings (SSSR count).